The maximum Gasteiger partial charge on any atom is 0.145 e. The van der Waals surface area contributed by atoms with Crippen molar-refractivity contribution < 1.29 is 9.47 Å². The van der Waals surface area contributed by atoms with Gasteiger partial charge in [-0.3, -0.25) is 4.90 Å². The minimum atomic E-state index is -0.0878. The molecule has 0 radical (unpaired) electrons. The van der Waals surface area contributed by atoms with Gasteiger partial charge in [-0.15, -0.1) is 0 Å². The van der Waals surface area contributed by atoms with Gasteiger partial charge in [0.25, 0.3) is 0 Å². The fourth-order valence-corrected chi connectivity index (χ4v) is 3.94. The van der Waals surface area contributed by atoms with Crippen molar-refractivity contribution in [3.8, 4) is 0 Å². The zero-order valence-corrected chi connectivity index (χ0v) is 13.7. The van der Waals surface area contributed by atoms with E-state index < -0.39 is 0 Å². The number of ether oxygens (including phenoxy) is 2. The first-order valence-electron chi connectivity index (χ1n) is 8.68. The second-order valence-electron chi connectivity index (χ2n) is 6.69. The summed E-state index contributed by atoms with van der Waals surface area (Å²) in [4.78, 5) is 2.51. The standard InChI is InChI=1S/C17H33NO2/c1-4-6-16(7-5-2)15(3)8-9-17-14-19-12-10-18(17)11-13-20-17/h15-16H,4-14H2,1-3H3. The predicted octanol–water partition coefficient (Wildman–Crippen LogP) is 3.68. The summed E-state index contributed by atoms with van der Waals surface area (Å²) in [6.07, 6.45) is 7.78. The van der Waals surface area contributed by atoms with Crippen LogP contribution in [0.15, 0.2) is 0 Å². The van der Waals surface area contributed by atoms with Crippen molar-refractivity contribution in [1.82, 2.24) is 4.90 Å². The molecule has 0 N–H and O–H groups in total. The van der Waals surface area contributed by atoms with E-state index in [9.17, 15) is 0 Å². The molecule has 2 atom stereocenters. The van der Waals surface area contributed by atoms with E-state index in [1.54, 1.807) is 0 Å². The maximum atomic E-state index is 6.10. The third-order valence-electron chi connectivity index (χ3n) is 5.26. The summed E-state index contributed by atoms with van der Waals surface area (Å²) in [6.45, 7) is 11.7. The Hall–Kier alpha value is -0.120. The average molecular weight is 283 g/mol. The fraction of sp³-hybridized carbons (Fsp3) is 1.00. The van der Waals surface area contributed by atoms with Gasteiger partial charge in [0.1, 0.15) is 5.72 Å². The smallest absolute Gasteiger partial charge is 0.145 e. The molecular formula is C17H33NO2. The van der Waals surface area contributed by atoms with Crippen molar-refractivity contribution in [3.05, 3.63) is 0 Å². The Balaban J connectivity index is 1.86. The van der Waals surface area contributed by atoms with Crippen LogP contribution in [0.4, 0.5) is 0 Å². The van der Waals surface area contributed by atoms with Crippen LogP contribution in [-0.4, -0.2) is 43.5 Å². The molecule has 2 rings (SSSR count). The molecule has 0 bridgehead atoms. The van der Waals surface area contributed by atoms with E-state index in [2.05, 4.69) is 25.7 Å². The topological polar surface area (TPSA) is 21.7 Å². The van der Waals surface area contributed by atoms with Crippen LogP contribution < -0.4 is 0 Å². The van der Waals surface area contributed by atoms with Crippen LogP contribution in [-0.2, 0) is 9.47 Å². The Bertz CT molecular complexity index is 278. The summed E-state index contributed by atoms with van der Waals surface area (Å²) in [5, 5.41) is 0. The highest BCUT2D eigenvalue weighted by Gasteiger charge is 2.44. The number of morpholine rings is 1. The lowest BCUT2D eigenvalue weighted by Gasteiger charge is -2.41. The molecule has 0 aromatic rings. The molecule has 3 heteroatoms. The monoisotopic (exact) mass is 283 g/mol. The van der Waals surface area contributed by atoms with Crippen molar-refractivity contribution in [2.45, 2.75) is 65.0 Å². The molecule has 2 saturated heterocycles. The summed E-state index contributed by atoms with van der Waals surface area (Å²) in [5.41, 5.74) is -0.0878. The SMILES string of the molecule is CCCC(CCC)C(C)CCC12COCCN1CCO2. The minimum Gasteiger partial charge on any atom is -0.376 e. The largest absolute Gasteiger partial charge is 0.376 e. The van der Waals surface area contributed by atoms with Gasteiger partial charge in [-0.05, 0) is 24.7 Å². The van der Waals surface area contributed by atoms with Gasteiger partial charge in [0.15, 0.2) is 0 Å². The molecule has 118 valence electrons. The highest BCUT2D eigenvalue weighted by atomic mass is 16.6. The number of hydrogen-bond acceptors (Lipinski definition) is 3. The third kappa shape index (κ3) is 3.75. The number of hydrogen-bond donors (Lipinski definition) is 0. The molecule has 0 aliphatic carbocycles. The zero-order valence-electron chi connectivity index (χ0n) is 13.7. The first-order valence-corrected chi connectivity index (χ1v) is 8.68. The molecule has 2 aliphatic heterocycles. The summed E-state index contributed by atoms with van der Waals surface area (Å²) in [5.74, 6) is 1.69. The molecule has 0 aromatic heterocycles. The quantitative estimate of drug-likeness (QED) is 0.678. The van der Waals surface area contributed by atoms with E-state index in [-0.39, 0.29) is 5.72 Å². The summed E-state index contributed by atoms with van der Waals surface area (Å²) in [7, 11) is 0. The van der Waals surface area contributed by atoms with E-state index in [1.807, 2.05) is 0 Å². The van der Waals surface area contributed by atoms with Gasteiger partial charge >= 0.3 is 0 Å². The average Bonchev–Trinajstić information content (AvgIpc) is 2.88. The molecule has 2 fully saturated rings. The molecule has 0 spiro atoms. The normalized spacial score (nSPS) is 28.8. The van der Waals surface area contributed by atoms with Gasteiger partial charge in [0, 0.05) is 13.1 Å². The Kier molecular flexibility index (Phi) is 6.31. The van der Waals surface area contributed by atoms with Crippen molar-refractivity contribution in [2.24, 2.45) is 11.8 Å². The first kappa shape index (κ1) is 16.3. The van der Waals surface area contributed by atoms with Gasteiger partial charge in [-0.1, -0.05) is 46.5 Å². The highest BCUT2D eigenvalue weighted by molar-refractivity contribution is 4.89. The van der Waals surface area contributed by atoms with Crippen LogP contribution in [0.2, 0.25) is 0 Å². The summed E-state index contributed by atoms with van der Waals surface area (Å²) in [6, 6.07) is 0. The van der Waals surface area contributed by atoms with Crippen LogP contribution in [0, 0.1) is 11.8 Å². The molecular weight excluding hydrogens is 250 g/mol. The fourth-order valence-electron chi connectivity index (χ4n) is 3.94. The van der Waals surface area contributed by atoms with Crippen LogP contribution in [0.3, 0.4) is 0 Å². The predicted molar refractivity (Wildman–Crippen MR) is 82.8 cm³/mol. The molecule has 0 amide bonds. The third-order valence-corrected chi connectivity index (χ3v) is 5.26. The van der Waals surface area contributed by atoms with E-state index >= 15 is 0 Å². The Morgan fingerprint density at radius 2 is 1.75 bits per heavy atom. The lowest BCUT2D eigenvalue weighted by atomic mass is 9.82. The van der Waals surface area contributed by atoms with Gasteiger partial charge in [-0.25, -0.2) is 0 Å². The molecule has 2 aliphatic rings. The van der Waals surface area contributed by atoms with Crippen LogP contribution >= 0.6 is 0 Å². The maximum absolute atomic E-state index is 6.10. The Morgan fingerprint density at radius 3 is 2.45 bits per heavy atom. The lowest BCUT2D eigenvalue weighted by molar-refractivity contribution is -0.171. The van der Waals surface area contributed by atoms with E-state index in [0.29, 0.717) is 0 Å². The molecule has 20 heavy (non-hydrogen) atoms. The Labute approximate surface area is 125 Å². The van der Waals surface area contributed by atoms with Gasteiger partial charge in [-0.2, -0.15) is 0 Å². The zero-order chi connectivity index (χ0) is 14.4. The van der Waals surface area contributed by atoms with Gasteiger partial charge < -0.3 is 9.47 Å². The number of rotatable bonds is 8. The van der Waals surface area contributed by atoms with Crippen LogP contribution in [0.1, 0.15) is 59.3 Å². The molecule has 2 heterocycles. The second kappa shape index (κ2) is 7.77. The number of fused-ring (bicyclic) bond motifs is 1. The molecule has 3 nitrogen and oxygen atoms in total. The van der Waals surface area contributed by atoms with Crippen LogP contribution in [0.25, 0.3) is 0 Å². The van der Waals surface area contributed by atoms with Crippen molar-refractivity contribution in [1.29, 1.82) is 0 Å². The van der Waals surface area contributed by atoms with Crippen molar-refractivity contribution in [2.75, 3.05) is 32.9 Å². The Morgan fingerprint density at radius 1 is 1.05 bits per heavy atom. The van der Waals surface area contributed by atoms with E-state index in [0.717, 1.165) is 51.2 Å². The van der Waals surface area contributed by atoms with Crippen molar-refractivity contribution in [3.63, 3.8) is 0 Å². The summed E-state index contributed by atoms with van der Waals surface area (Å²) >= 11 is 0. The molecule has 0 aromatic carbocycles. The number of nitrogens with zero attached hydrogens (tertiary/aromatic N) is 1. The second-order valence-corrected chi connectivity index (χ2v) is 6.69. The molecule has 2 unspecified atom stereocenters. The van der Waals surface area contributed by atoms with Crippen molar-refractivity contribution >= 4 is 0 Å². The van der Waals surface area contributed by atoms with E-state index in [1.165, 1.54) is 32.1 Å². The molecule has 0 saturated carbocycles. The summed E-state index contributed by atoms with van der Waals surface area (Å²) < 4.78 is 11.8. The highest BCUT2D eigenvalue weighted by Crippen LogP contribution is 2.35. The first-order chi connectivity index (χ1) is 9.72. The minimum absolute atomic E-state index is 0.0878. The van der Waals surface area contributed by atoms with E-state index in [4.69, 9.17) is 9.47 Å². The van der Waals surface area contributed by atoms with Gasteiger partial charge in [0.2, 0.25) is 0 Å². The lowest BCUT2D eigenvalue weighted by Crippen LogP contribution is -2.54. The van der Waals surface area contributed by atoms with Crippen LogP contribution in [0.5, 0.6) is 0 Å². The van der Waals surface area contributed by atoms with Gasteiger partial charge in [0.05, 0.1) is 19.8 Å².